The van der Waals surface area contributed by atoms with Crippen molar-refractivity contribution in [2.75, 3.05) is 0 Å². The van der Waals surface area contributed by atoms with Crippen molar-refractivity contribution in [2.45, 2.75) is 0 Å². The Morgan fingerprint density at radius 1 is 0.126 bits per heavy atom. The van der Waals surface area contributed by atoms with Crippen LogP contribution in [0, 0.1) is 0 Å². The molecule has 0 atom stereocenters. The van der Waals surface area contributed by atoms with Crippen molar-refractivity contribution in [3.8, 4) is 136 Å². The van der Waals surface area contributed by atoms with Gasteiger partial charge in [0.15, 0.2) is 52.4 Å². The molecule has 0 unspecified atom stereocenters. The molecule has 135 heavy (non-hydrogen) atoms. The summed E-state index contributed by atoms with van der Waals surface area (Å²) in [4.78, 5) is 45.4. The van der Waals surface area contributed by atoms with Gasteiger partial charge in [-0.3, -0.25) is 0 Å². The van der Waals surface area contributed by atoms with E-state index in [9.17, 15) is 0 Å². The number of hydrogen-bond acceptors (Lipinski definition) is 12. The first-order valence-electron chi connectivity index (χ1n) is 45.1. The standard InChI is InChI=1S/3C41H25N3S/c1-2-11-29(12-3-1)39-42-40(30-20-17-27(18-21-30)32-22-19-26-9-4-5-13-31(26)25-32)44-41(43-39)34-15-8-16-35-38(34)37-33-14-7-6-10-28(33)23-24-36(37)45-35;1-2-10-28(11-3-1)39-42-40(29-20-17-27(18-21-29)33-22-19-26-9-4-5-12-30(26)23-33)44-41(43-39)35-16-8-15-34-36-24-31-13-6-7-14-32(31)25-37(36)45-38(34)35;1-2-10-29(11-3-1)39-42-40(30-17-14-27(15-18-30)32-19-16-26-8-4-5-12-31(26)24-32)44-41(43-39)33-21-22-36-35(25-33)38-34-13-7-6-9-28(34)20-23-37(38)45-36/h3*1-25H. The lowest BCUT2D eigenvalue weighted by molar-refractivity contribution is 1.07. The van der Waals surface area contributed by atoms with E-state index < -0.39 is 0 Å². The van der Waals surface area contributed by atoms with Gasteiger partial charge < -0.3 is 0 Å². The van der Waals surface area contributed by atoms with Crippen LogP contribution in [0.15, 0.2) is 455 Å². The Kier molecular flexibility index (Phi) is 20.3. The van der Waals surface area contributed by atoms with Gasteiger partial charge in [0, 0.05) is 111 Å². The zero-order chi connectivity index (χ0) is 89.2. The summed E-state index contributed by atoms with van der Waals surface area (Å²) in [6, 6.07) is 160. The number of aromatic nitrogens is 9. The van der Waals surface area contributed by atoms with Gasteiger partial charge in [-0.25, -0.2) is 44.9 Å². The predicted octanol–water partition coefficient (Wildman–Crippen LogP) is 33.6. The third kappa shape index (κ3) is 15.4. The minimum atomic E-state index is 0.657. The lowest BCUT2D eigenvalue weighted by atomic mass is 10.00. The van der Waals surface area contributed by atoms with Crippen molar-refractivity contribution in [3.63, 3.8) is 0 Å². The van der Waals surface area contributed by atoms with E-state index in [2.05, 4.69) is 388 Å². The highest BCUT2D eigenvalue weighted by atomic mass is 32.1. The van der Waals surface area contributed by atoms with E-state index in [1.807, 2.05) is 89.4 Å². The number of benzene rings is 21. The number of thiophene rings is 3. The molecule has 27 aromatic rings. The molecule has 0 radical (unpaired) electrons. The van der Waals surface area contributed by atoms with Gasteiger partial charge in [-0.05, 0) is 171 Å². The third-order valence-corrected chi connectivity index (χ3v) is 29.0. The highest BCUT2D eigenvalue weighted by Gasteiger charge is 2.23. The van der Waals surface area contributed by atoms with Gasteiger partial charge in [0.25, 0.3) is 0 Å². The van der Waals surface area contributed by atoms with Gasteiger partial charge in [-0.1, -0.05) is 382 Å². The van der Waals surface area contributed by atoms with Gasteiger partial charge in [0.05, 0.1) is 0 Å². The van der Waals surface area contributed by atoms with E-state index in [0.717, 1.165) is 66.8 Å². The summed E-state index contributed by atoms with van der Waals surface area (Å²) < 4.78 is 7.48. The van der Waals surface area contributed by atoms with E-state index in [4.69, 9.17) is 44.9 Å². The van der Waals surface area contributed by atoms with Crippen LogP contribution in [-0.2, 0) is 0 Å². The smallest absolute Gasteiger partial charge is 0.165 e. The zero-order valence-electron chi connectivity index (χ0n) is 72.6. The summed E-state index contributed by atoms with van der Waals surface area (Å²) >= 11 is 5.44. The first-order chi connectivity index (χ1) is 66.8. The van der Waals surface area contributed by atoms with Gasteiger partial charge in [-0.2, -0.15) is 0 Å². The summed E-state index contributed by atoms with van der Waals surface area (Å²) in [5.74, 6) is 5.99. The summed E-state index contributed by atoms with van der Waals surface area (Å²) in [6.45, 7) is 0. The van der Waals surface area contributed by atoms with Crippen LogP contribution in [0.1, 0.15) is 0 Å². The number of fused-ring (bicyclic) bond motifs is 17. The number of hydrogen-bond donors (Lipinski definition) is 0. The summed E-state index contributed by atoms with van der Waals surface area (Å²) in [6.07, 6.45) is 0. The summed E-state index contributed by atoms with van der Waals surface area (Å²) in [7, 11) is 0. The highest BCUT2D eigenvalue weighted by Crippen LogP contribution is 2.47. The van der Waals surface area contributed by atoms with Crippen LogP contribution in [-0.4, -0.2) is 44.9 Å². The highest BCUT2D eigenvalue weighted by molar-refractivity contribution is 7.27. The first kappa shape index (κ1) is 80.0. The molecule has 0 spiro atoms. The van der Waals surface area contributed by atoms with Crippen LogP contribution in [0.3, 0.4) is 0 Å². The maximum atomic E-state index is 5.14. The largest absolute Gasteiger partial charge is 0.208 e. The van der Waals surface area contributed by atoms with Crippen LogP contribution >= 0.6 is 34.0 Å². The van der Waals surface area contributed by atoms with Gasteiger partial charge in [0.1, 0.15) is 0 Å². The number of nitrogens with zero attached hydrogens (tertiary/aromatic N) is 9. The SMILES string of the molecule is c1ccc(-c2nc(-c3ccc(-c4ccc5ccccc5c4)cc3)nc(-c3ccc4sc5ccc6ccccc6c5c4c3)n2)cc1.c1ccc(-c2nc(-c3ccc(-c4ccc5ccccc5c4)cc3)nc(-c3cccc4c3sc3cc5ccccc5cc34)n2)cc1.c1ccc(-c2nc(-c3ccc(-c4ccc5ccccc5c4)cc3)nc(-c3cccc4sc5ccc6ccccc6c5c34)n2)cc1. The lowest BCUT2D eigenvalue weighted by Crippen LogP contribution is -2.00. The van der Waals surface area contributed by atoms with Crippen molar-refractivity contribution in [2.24, 2.45) is 0 Å². The Labute approximate surface area is 788 Å². The molecule has 0 amide bonds. The molecule has 0 saturated heterocycles. The second-order valence-electron chi connectivity index (χ2n) is 33.8. The van der Waals surface area contributed by atoms with Crippen molar-refractivity contribution < 1.29 is 0 Å². The minimum absolute atomic E-state index is 0.657. The fourth-order valence-corrected chi connectivity index (χ4v) is 22.2. The van der Waals surface area contributed by atoms with E-state index in [1.165, 1.54) is 142 Å². The van der Waals surface area contributed by atoms with Crippen LogP contribution in [0.4, 0.5) is 0 Å². The predicted molar refractivity (Wildman–Crippen MR) is 568 cm³/mol. The Morgan fingerprint density at radius 2 is 0.422 bits per heavy atom. The van der Waals surface area contributed by atoms with Gasteiger partial charge in [-0.15, -0.1) is 34.0 Å². The molecular formula is C123H75N9S3. The Bertz CT molecular complexity index is 9300. The van der Waals surface area contributed by atoms with Gasteiger partial charge >= 0.3 is 0 Å². The van der Waals surface area contributed by atoms with Crippen LogP contribution in [0.5, 0.6) is 0 Å². The molecule has 0 aliphatic heterocycles. The molecule has 9 nitrogen and oxygen atoms in total. The van der Waals surface area contributed by atoms with Crippen LogP contribution in [0.25, 0.3) is 261 Å². The van der Waals surface area contributed by atoms with E-state index in [0.29, 0.717) is 52.4 Å². The average molecular weight is 1780 g/mol. The second-order valence-corrected chi connectivity index (χ2v) is 37.0. The van der Waals surface area contributed by atoms with Crippen LogP contribution in [0.2, 0.25) is 0 Å². The molecule has 12 heteroatoms. The first-order valence-corrected chi connectivity index (χ1v) is 47.5. The maximum Gasteiger partial charge on any atom is 0.165 e. The second kappa shape index (κ2) is 34.3. The maximum absolute atomic E-state index is 5.14. The fraction of sp³-hybridized carbons (Fsp3) is 0. The topological polar surface area (TPSA) is 116 Å². The molecule has 0 N–H and O–H groups in total. The molecule has 630 valence electrons. The summed E-state index contributed by atoms with van der Waals surface area (Å²) in [5, 5.41) is 22.4. The molecule has 6 heterocycles. The van der Waals surface area contributed by atoms with Crippen molar-refractivity contribution in [1.82, 2.24) is 44.9 Å². The third-order valence-electron chi connectivity index (χ3n) is 25.5. The zero-order valence-corrected chi connectivity index (χ0v) is 75.0. The molecule has 0 bridgehead atoms. The van der Waals surface area contributed by atoms with E-state index >= 15 is 0 Å². The molecule has 0 fully saturated rings. The quantitative estimate of drug-likeness (QED) is 0.118. The molecule has 0 aliphatic rings. The van der Waals surface area contributed by atoms with Crippen molar-refractivity contribution >= 4 is 159 Å². The Hall–Kier alpha value is -17.1. The molecule has 0 saturated carbocycles. The number of rotatable bonds is 12. The average Bonchev–Trinajstić information content (AvgIpc) is 1.63. The Morgan fingerprint density at radius 3 is 0.881 bits per heavy atom. The molecule has 6 aromatic heterocycles. The molecule has 21 aromatic carbocycles. The van der Waals surface area contributed by atoms with Crippen molar-refractivity contribution in [1.29, 1.82) is 0 Å². The van der Waals surface area contributed by atoms with Crippen LogP contribution < -0.4 is 0 Å². The monoisotopic (exact) mass is 1770 g/mol. The van der Waals surface area contributed by atoms with E-state index in [-0.39, 0.29) is 0 Å². The molecule has 0 aliphatic carbocycles. The summed E-state index contributed by atoms with van der Waals surface area (Å²) in [5.41, 5.74) is 15.8. The fourth-order valence-electron chi connectivity index (χ4n) is 18.7. The lowest BCUT2D eigenvalue weighted by Gasteiger charge is -2.11. The molecular weight excluding hydrogens is 1700 g/mol. The van der Waals surface area contributed by atoms with E-state index in [1.54, 1.807) is 11.3 Å². The van der Waals surface area contributed by atoms with Crippen molar-refractivity contribution in [3.05, 3.63) is 455 Å². The Balaban J connectivity index is 0.000000108. The molecule has 27 rings (SSSR count). The van der Waals surface area contributed by atoms with Gasteiger partial charge in [0.2, 0.25) is 0 Å². The normalized spacial score (nSPS) is 11.6. The minimum Gasteiger partial charge on any atom is -0.208 e.